The second kappa shape index (κ2) is 7.57. The molecular weight excluding hydrogens is 428 g/mol. The van der Waals surface area contributed by atoms with Gasteiger partial charge in [0.25, 0.3) is 0 Å². The summed E-state index contributed by atoms with van der Waals surface area (Å²) in [6.07, 6.45) is 4.62. The Bertz CT molecular complexity index is 1240. The lowest BCUT2D eigenvalue weighted by molar-refractivity contribution is 0.0127. The van der Waals surface area contributed by atoms with E-state index in [0.29, 0.717) is 44.0 Å². The van der Waals surface area contributed by atoms with Gasteiger partial charge in [-0.15, -0.1) is 0 Å². The number of hydrogen-bond donors (Lipinski definition) is 0. The number of allylic oxidation sites excluding steroid dienone is 2. The van der Waals surface area contributed by atoms with Crippen LogP contribution in [0.1, 0.15) is 39.2 Å². The summed E-state index contributed by atoms with van der Waals surface area (Å²) in [5, 5.41) is 0. The first-order valence-corrected chi connectivity index (χ1v) is 11.1. The molecule has 1 fully saturated rings. The summed E-state index contributed by atoms with van der Waals surface area (Å²) in [4.78, 5) is 40.8. The molecule has 1 spiro atoms. The number of fused-ring (bicyclic) bond motifs is 3. The number of carbonyl (C=O) groups excluding carboxylic acids is 1. The van der Waals surface area contributed by atoms with Crippen molar-refractivity contribution in [2.75, 3.05) is 19.9 Å². The van der Waals surface area contributed by atoms with E-state index in [4.69, 9.17) is 14.2 Å². The molecule has 0 bridgehead atoms. The van der Waals surface area contributed by atoms with Crippen molar-refractivity contribution in [3.63, 3.8) is 0 Å². The maximum atomic E-state index is 13.5. The Labute approximate surface area is 190 Å². The van der Waals surface area contributed by atoms with Crippen LogP contribution in [-0.2, 0) is 23.4 Å². The Kier molecular flexibility index (Phi) is 4.91. The van der Waals surface area contributed by atoms with Gasteiger partial charge in [-0.3, -0.25) is 0 Å². The number of nitrogens with zero attached hydrogens (tertiary/aromatic N) is 4. The number of likely N-dealkylation sites (tertiary alicyclic amines) is 1. The molecule has 1 amide bonds. The smallest absolute Gasteiger partial charge is 0.410 e. The molecule has 3 aliphatic heterocycles. The summed E-state index contributed by atoms with van der Waals surface area (Å²) in [6, 6.07) is 5.41. The van der Waals surface area contributed by atoms with Gasteiger partial charge in [0.15, 0.2) is 11.5 Å². The van der Waals surface area contributed by atoms with Crippen molar-refractivity contribution in [3.05, 3.63) is 56.9 Å². The van der Waals surface area contributed by atoms with E-state index >= 15 is 0 Å². The van der Waals surface area contributed by atoms with Crippen molar-refractivity contribution in [2.24, 2.45) is 0 Å². The van der Waals surface area contributed by atoms with Gasteiger partial charge in [0.05, 0.1) is 18.6 Å². The van der Waals surface area contributed by atoms with Gasteiger partial charge in [0.2, 0.25) is 6.79 Å². The molecular formula is C23H28N4O6. The largest absolute Gasteiger partial charge is 0.454 e. The van der Waals surface area contributed by atoms with E-state index in [1.54, 1.807) is 21.7 Å². The minimum atomic E-state index is -0.646. The Morgan fingerprint density at radius 3 is 2.55 bits per heavy atom. The summed E-state index contributed by atoms with van der Waals surface area (Å²) in [5.74, 6) is 1.26. The van der Waals surface area contributed by atoms with Crippen molar-refractivity contribution in [1.29, 1.82) is 0 Å². The summed E-state index contributed by atoms with van der Waals surface area (Å²) in [6.45, 7) is 7.02. The lowest BCUT2D eigenvalue weighted by Crippen LogP contribution is -2.53. The van der Waals surface area contributed by atoms with E-state index in [0.717, 1.165) is 5.56 Å². The molecule has 1 saturated heterocycles. The van der Waals surface area contributed by atoms with Gasteiger partial charge in [0.1, 0.15) is 5.60 Å². The van der Waals surface area contributed by atoms with E-state index in [1.165, 1.54) is 9.25 Å². The van der Waals surface area contributed by atoms with Crippen LogP contribution in [0.5, 0.6) is 11.5 Å². The van der Waals surface area contributed by atoms with Crippen LogP contribution in [0.25, 0.3) is 0 Å². The minimum Gasteiger partial charge on any atom is -0.454 e. The predicted molar refractivity (Wildman–Crippen MR) is 119 cm³/mol. The van der Waals surface area contributed by atoms with Gasteiger partial charge >= 0.3 is 17.5 Å². The number of carbonyl (C=O) groups is 1. The first kappa shape index (κ1) is 21.4. The van der Waals surface area contributed by atoms with Gasteiger partial charge in [0, 0.05) is 13.1 Å². The van der Waals surface area contributed by atoms with E-state index in [2.05, 4.69) is 0 Å². The van der Waals surface area contributed by atoms with Crippen LogP contribution in [0.3, 0.4) is 0 Å². The highest BCUT2D eigenvalue weighted by Gasteiger charge is 2.41. The Morgan fingerprint density at radius 2 is 1.82 bits per heavy atom. The van der Waals surface area contributed by atoms with Gasteiger partial charge in [-0.25, -0.2) is 28.3 Å². The van der Waals surface area contributed by atoms with Crippen molar-refractivity contribution in [3.8, 4) is 11.5 Å². The Morgan fingerprint density at radius 1 is 1.09 bits per heavy atom. The standard InChI is InChI=1S/C23H28N4O6/c1-22(2,3)33-21(30)24-11-8-23(9-12-24)7-4-10-26-19(28)25(20(29)27(23)26)14-16-5-6-17-18(13-16)32-15-31-17/h4-7,13H,8-12,14-15H2,1-3H3. The molecule has 0 unspecified atom stereocenters. The predicted octanol–water partition coefficient (Wildman–Crippen LogP) is 1.88. The Hall–Kier alpha value is -3.43. The van der Waals surface area contributed by atoms with Crippen molar-refractivity contribution >= 4 is 6.09 Å². The average molecular weight is 456 g/mol. The molecule has 10 heteroatoms. The fourth-order valence-corrected chi connectivity index (χ4v) is 4.70. The SMILES string of the molecule is CC(C)(C)OC(=O)N1CCC2(C=CCn3c(=O)n(Cc4ccc5c(c4)OCO5)c(=O)n32)CC1. The molecule has 1 aromatic heterocycles. The maximum Gasteiger partial charge on any atom is 0.410 e. The van der Waals surface area contributed by atoms with E-state index < -0.39 is 11.1 Å². The molecule has 0 radical (unpaired) electrons. The van der Waals surface area contributed by atoms with Gasteiger partial charge < -0.3 is 19.1 Å². The topological polar surface area (TPSA) is 96.9 Å². The summed E-state index contributed by atoms with van der Waals surface area (Å²) < 4.78 is 20.6. The van der Waals surface area contributed by atoms with Crippen molar-refractivity contribution < 1.29 is 19.0 Å². The lowest BCUT2D eigenvalue weighted by atomic mass is 9.86. The van der Waals surface area contributed by atoms with E-state index in [9.17, 15) is 14.4 Å². The highest BCUT2D eigenvalue weighted by atomic mass is 16.7. The second-order valence-electron chi connectivity index (χ2n) is 9.71. The van der Waals surface area contributed by atoms with Crippen LogP contribution in [0.2, 0.25) is 0 Å². The van der Waals surface area contributed by atoms with Crippen molar-refractivity contribution in [1.82, 2.24) is 18.8 Å². The minimum absolute atomic E-state index is 0.140. The zero-order valence-electron chi connectivity index (χ0n) is 19.1. The molecule has 1 aromatic carbocycles. The highest BCUT2D eigenvalue weighted by Crippen LogP contribution is 2.34. The number of piperidine rings is 1. The molecule has 0 aliphatic carbocycles. The molecule has 0 atom stereocenters. The summed E-state index contributed by atoms with van der Waals surface area (Å²) in [7, 11) is 0. The quantitative estimate of drug-likeness (QED) is 0.641. The Balaban J connectivity index is 1.41. The third-order valence-corrected chi connectivity index (χ3v) is 6.29. The van der Waals surface area contributed by atoms with E-state index in [-0.39, 0.29) is 30.8 Å². The fraction of sp³-hybridized carbons (Fsp3) is 0.522. The monoisotopic (exact) mass is 456 g/mol. The lowest BCUT2D eigenvalue weighted by Gasteiger charge is -2.42. The maximum absolute atomic E-state index is 13.5. The fourth-order valence-electron chi connectivity index (χ4n) is 4.70. The number of ether oxygens (including phenoxy) is 3. The molecule has 0 N–H and O–H groups in total. The number of aromatic nitrogens is 3. The van der Waals surface area contributed by atoms with Crippen LogP contribution < -0.4 is 20.9 Å². The third kappa shape index (κ3) is 3.73. The van der Waals surface area contributed by atoms with Crippen LogP contribution in [0, 0.1) is 0 Å². The third-order valence-electron chi connectivity index (χ3n) is 6.29. The second-order valence-corrected chi connectivity index (χ2v) is 9.71. The first-order chi connectivity index (χ1) is 15.7. The average Bonchev–Trinajstić information content (AvgIpc) is 3.32. The van der Waals surface area contributed by atoms with Gasteiger partial charge in [-0.2, -0.15) is 0 Å². The highest BCUT2D eigenvalue weighted by molar-refractivity contribution is 5.68. The number of benzene rings is 1. The molecule has 2 aromatic rings. The molecule has 4 heterocycles. The molecule has 10 nitrogen and oxygen atoms in total. The van der Waals surface area contributed by atoms with Gasteiger partial charge in [-0.1, -0.05) is 18.2 Å². The zero-order valence-corrected chi connectivity index (χ0v) is 19.1. The molecule has 5 rings (SSSR count). The van der Waals surface area contributed by atoms with Crippen molar-refractivity contribution in [2.45, 2.75) is 57.8 Å². The molecule has 3 aliphatic rings. The molecule has 176 valence electrons. The number of amides is 1. The van der Waals surface area contributed by atoms with E-state index in [1.807, 2.05) is 39.0 Å². The van der Waals surface area contributed by atoms with Crippen LogP contribution in [-0.4, -0.2) is 50.4 Å². The summed E-state index contributed by atoms with van der Waals surface area (Å²) in [5.41, 5.74) is -1.14. The van der Waals surface area contributed by atoms with Crippen LogP contribution >= 0.6 is 0 Å². The van der Waals surface area contributed by atoms with Crippen LogP contribution in [0.4, 0.5) is 4.79 Å². The molecule has 33 heavy (non-hydrogen) atoms. The first-order valence-electron chi connectivity index (χ1n) is 11.1. The van der Waals surface area contributed by atoms with Crippen LogP contribution in [0.15, 0.2) is 39.9 Å². The van der Waals surface area contributed by atoms with Gasteiger partial charge in [-0.05, 0) is 51.3 Å². The zero-order chi connectivity index (χ0) is 23.4. The summed E-state index contributed by atoms with van der Waals surface area (Å²) >= 11 is 0. The number of hydrogen-bond acceptors (Lipinski definition) is 6. The number of rotatable bonds is 2. The molecule has 0 saturated carbocycles. The normalized spacial score (nSPS) is 18.5.